The van der Waals surface area contributed by atoms with E-state index < -0.39 is 0 Å². The first-order chi connectivity index (χ1) is 7.01. The maximum absolute atomic E-state index is 6.23. The molecule has 2 fully saturated rings. The van der Waals surface area contributed by atoms with E-state index in [1.54, 1.807) is 0 Å². The molecule has 0 aromatic carbocycles. The van der Waals surface area contributed by atoms with Gasteiger partial charge in [0.25, 0.3) is 0 Å². The Kier molecular flexibility index (Phi) is 3.09. The van der Waals surface area contributed by atoms with Crippen molar-refractivity contribution in [3.8, 4) is 0 Å². The molecule has 15 heavy (non-hydrogen) atoms. The number of nitrogens with two attached hydrogens (primary N) is 1. The van der Waals surface area contributed by atoms with Crippen LogP contribution in [0.25, 0.3) is 0 Å². The zero-order chi connectivity index (χ0) is 11.1. The lowest BCUT2D eigenvalue weighted by Gasteiger charge is -2.33. The molecule has 2 rings (SSSR count). The molecule has 1 aliphatic carbocycles. The molecule has 1 saturated carbocycles. The van der Waals surface area contributed by atoms with E-state index in [2.05, 4.69) is 25.7 Å². The molecule has 1 aliphatic heterocycles. The third kappa shape index (κ3) is 2.21. The average molecular weight is 210 g/mol. The molecule has 0 spiro atoms. The van der Waals surface area contributed by atoms with E-state index in [9.17, 15) is 0 Å². The van der Waals surface area contributed by atoms with Crippen molar-refractivity contribution in [2.75, 3.05) is 19.6 Å². The van der Waals surface area contributed by atoms with Crippen LogP contribution in [0.5, 0.6) is 0 Å². The van der Waals surface area contributed by atoms with Crippen molar-refractivity contribution in [3.05, 3.63) is 0 Å². The molecule has 88 valence electrons. The number of nitrogens with zero attached hydrogens (tertiary/aromatic N) is 1. The number of rotatable bonds is 2. The summed E-state index contributed by atoms with van der Waals surface area (Å²) >= 11 is 0. The van der Waals surface area contributed by atoms with Crippen LogP contribution in [0.15, 0.2) is 0 Å². The quantitative estimate of drug-likeness (QED) is 0.756. The zero-order valence-corrected chi connectivity index (χ0v) is 10.5. The van der Waals surface area contributed by atoms with E-state index >= 15 is 0 Å². The lowest BCUT2D eigenvalue weighted by molar-refractivity contribution is 0.172. The van der Waals surface area contributed by atoms with Crippen molar-refractivity contribution >= 4 is 0 Å². The van der Waals surface area contributed by atoms with Gasteiger partial charge in [-0.25, -0.2) is 0 Å². The summed E-state index contributed by atoms with van der Waals surface area (Å²) in [6.45, 7) is 10.9. The highest BCUT2D eigenvalue weighted by Gasteiger charge is 2.39. The molecule has 1 heterocycles. The minimum absolute atomic E-state index is 0.393. The first-order valence-corrected chi connectivity index (χ1v) is 6.49. The van der Waals surface area contributed by atoms with Crippen LogP contribution < -0.4 is 5.73 Å². The fraction of sp³-hybridized carbons (Fsp3) is 1.00. The molecular formula is C13H26N2. The second-order valence-electron chi connectivity index (χ2n) is 6.30. The van der Waals surface area contributed by atoms with Gasteiger partial charge in [-0.1, -0.05) is 27.2 Å². The SMILES string of the molecule is CC1CN(CC2(C)CCCC2N)CC1C. The van der Waals surface area contributed by atoms with Crippen LogP contribution in [0.2, 0.25) is 0 Å². The summed E-state index contributed by atoms with van der Waals surface area (Å²) in [6.07, 6.45) is 3.89. The van der Waals surface area contributed by atoms with Gasteiger partial charge in [0.05, 0.1) is 0 Å². The first kappa shape index (κ1) is 11.4. The molecule has 4 unspecified atom stereocenters. The van der Waals surface area contributed by atoms with E-state index in [1.165, 1.54) is 38.9 Å². The highest BCUT2D eigenvalue weighted by Crippen LogP contribution is 2.38. The van der Waals surface area contributed by atoms with Gasteiger partial charge in [0, 0.05) is 25.7 Å². The molecule has 0 aromatic heterocycles. The fourth-order valence-corrected chi connectivity index (χ4v) is 3.34. The van der Waals surface area contributed by atoms with E-state index in [0.29, 0.717) is 11.5 Å². The summed E-state index contributed by atoms with van der Waals surface area (Å²) in [5.74, 6) is 1.73. The Morgan fingerprint density at radius 2 is 1.87 bits per heavy atom. The number of hydrogen-bond donors (Lipinski definition) is 1. The standard InChI is InChI=1S/C13H26N2/c1-10-7-15(8-11(10)2)9-13(3)6-4-5-12(13)14/h10-12H,4-9,14H2,1-3H3. The Morgan fingerprint density at radius 3 is 2.33 bits per heavy atom. The summed E-state index contributed by atoms with van der Waals surface area (Å²) in [6, 6.07) is 0.434. The van der Waals surface area contributed by atoms with E-state index in [-0.39, 0.29) is 0 Å². The Balaban J connectivity index is 1.92. The van der Waals surface area contributed by atoms with E-state index in [1.807, 2.05) is 0 Å². The van der Waals surface area contributed by atoms with Gasteiger partial charge in [0.2, 0.25) is 0 Å². The van der Waals surface area contributed by atoms with Gasteiger partial charge in [-0.3, -0.25) is 0 Å². The maximum atomic E-state index is 6.23. The normalized spacial score (nSPS) is 47.6. The van der Waals surface area contributed by atoms with Crippen molar-refractivity contribution in [1.82, 2.24) is 4.90 Å². The lowest BCUT2D eigenvalue weighted by Crippen LogP contribution is -2.43. The predicted octanol–water partition coefficient (Wildman–Crippen LogP) is 2.09. The third-order valence-electron chi connectivity index (χ3n) is 4.81. The molecular weight excluding hydrogens is 184 g/mol. The van der Waals surface area contributed by atoms with Crippen LogP contribution in [0, 0.1) is 17.3 Å². The lowest BCUT2D eigenvalue weighted by atomic mass is 9.84. The zero-order valence-electron chi connectivity index (χ0n) is 10.5. The van der Waals surface area contributed by atoms with Gasteiger partial charge in [-0.2, -0.15) is 0 Å². The summed E-state index contributed by atoms with van der Waals surface area (Å²) in [4.78, 5) is 2.64. The second-order valence-corrected chi connectivity index (χ2v) is 6.30. The monoisotopic (exact) mass is 210 g/mol. The van der Waals surface area contributed by atoms with Gasteiger partial charge in [-0.05, 0) is 30.1 Å². The highest BCUT2D eigenvalue weighted by atomic mass is 15.2. The van der Waals surface area contributed by atoms with Crippen LogP contribution in [0.3, 0.4) is 0 Å². The summed E-state index contributed by atoms with van der Waals surface area (Å²) < 4.78 is 0. The summed E-state index contributed by atoms with van der Waals surface area (Å²) in [5, 5.41) is 0. The van der Waals surface area contributed by atoms with Crippen molar-refractivity contribution in [2.24, 2.45) is 23.0 Å². The molecule has 0 amide bonds. The molecule has 2 nitrogen and oxygen atoms in total. The van der Waals surface area contributed by atoms with E-state index in [0.717, 1.165) is 11.8 Å². The second kappa shape index (κ2) is 4.06. The largest absolute Gasteiger partial charge is 0.327 e. The van der Waals surface area contributed by atoms with Crippen LogP contribution >= 0.6 is 0 Å². The maximum Gasteiger partial charge on any atom is 0.0105 e. The molecule has 2 heteroatoms. The predicted molar refractivity (Wildman–Crippen MR) is 64.7 cm³/mol. The Bertz CT molecular complexity index is 219. The van der Waals surface area contributed by atoms with Gasteiger partial charge >= 0.3 is 0 Å². The minimum atomic E-state index is 0.393. The summed E-state index contributed by atoms with van der Waals surface area (Å²) in [5.41, 5.74) is 6.63. The van der Waals surface area contributed by atoms with Gasteiger partial charge in [0.1, 0.15) is 0 Å². The first-order valence-electron chi connectivity index (χ1n) is 6.49. The van der Waals surface area contributed by atoms with Gasteiger partial charge in [0.15, 0.2) is 0 Å². The Hall–Kier alpha value is -0.0800. The third-order valence-corrected chi connectivity index (χ3v) is 4.81. The van der Waals surface area contributed by atoms with Crippen molar-refractivity contribution in [3.63, 3.8) is 0 Å². The Morgan fingerprint density at radius 1 is 1.27 bits per heavy atom. The van der Waals surface area contributed by atoms with Crippen LogP contribution in [-0.2, 0) is 0 Å². The van der Waals surface area contributed by atoms with Crippen LogP contribution in [0.1, 0.15) is 40.0 Å². The molecule has 1 saturated heterocycles. The fourth-order valence-electron chi connectivity index (χ4n) is 3.34. The summed E-state index contributed by atoms with van der Waals surface area (Å²) in [7, 11) is 0. The van der Waals surface area contributed by atoms with Crippen LogP contribution in [-0.4, -0.2) is 30.6 Å². The molecule has 4 atom stereocenters. The molecule has 2 aliphatic rings. The average Bonchev–Trinajstić information content (AvgIpc) is 2.60. The number of likely N-dealkylation sites (tertiary alicyclic amines) is 1. The topological polar surface area (TPSA) is 29.3 Å². The van der Waals surface area contributed by atoms with Crippen LogP contribution in [0.4, 0.5) is 0 Å². The molecule has 0 bridgehead atoms. The molecule has 0 aromatic rings. The van der Waals surface area contributed by atoms with Gasteiger partial charge < -0.3 is 10.6 Å². The number of hydrogen-bond acceptors (Lipinski definition) is 2. The highest BCUT2D eigenvalue weighted by molar-refractivity contribution is 4.95. The molecule has 2 N–H and O–H groups in total. The smallest absolute Gasteiger partial charge is 0.0105 e. The van der Waals surface area contributed by atoms with Gasteiger partial charge in [-0.15, -0.1) is 0 Å². The van der Waals surface area contributed by atoms with E-state index in [4.69, 9.17) is 5.73 Å². The molecule has 0 radical (unpaired) electrons. The minimum Gasteiger partial charge on any atom is -0.327 e. The van der Waals surface area contributed by atoms with Crippen molar-refractivity contribution in [2.45, 2.75) is 46.1 Å². The van der Waals surface area contributed by atoms with Crippen molar-refractivity contribution < 1.29 is 0 Å². The van der Waals surface area contributed by atoms with Crippen molar-refractivity contribution in [1.29, 1.82) is 0 Å². The Labute approximate surface area is 94.2 Å².